The summed E-state index contributed by atoms with van der Waals surface area (Å²) in [5.41, 5.74) is 0. The number of ether oxygens (including phenoxy) is 21. The van der Waals surface area contributed by atoms with Crippen molar-refractivity contribution in [3.8, 4) is 0 Å². The first kappa shape index (κ1) is 80.3. The first-order valence-corrected chi connectivity index (χ1v) is 33.4. The first-order chi connectivity index (χ1) is 42.2. The van der Waals surface area contributed by atoms with Crippen LogP contribution in [0.1, 0.15) is 154 Å². The van der Waals surface area contributed by atoms with Crippen molar-refractivity contribution in [2.75, 3.05) is 252 Å². The van der Waals surface area contributed by atoms with Crippen LogP contribution in [0, 0.1) is 0 Å². The third kappa shape index (κ3) is 55.7. The predicted octanol–water partition coefficient (Wildman–Crippen LogP) is 9.38. The molecule has 0 spiro atoms. The van der Waals surface area contributed by atoms with E-state index in [9.17, 15) is 0 Å². The highest BCUT2D eigenvalue weighted by atomic mass is 16.8. The van der Waals surface area contributed by atoms with E-state index < -0.39 is 11.6 Å². The van der Waals surface area contributed by atoms with Crippen LogP contribution in [0.5, 0.6) is 0 Å². The largest absolute Gasteiger partial charge is 0.382 e. The fourth-order valence-electron chi connectivity index (χ4n) is 9.54. The summed E-state index contributed by atoms with van der Waals surface area (Å²) in [6.45, 7) is 20.8. The van der Waals surface area contributed by atoms with E-state index in [2.05, 4.69) is 0 Å². The van der Waals surface area contributed by atoms with Crippen LogP contribution in [0.2, 0.25) is 0 Å². The number of unbranched alkanes of at least 4 members (excludes halogenated alkanes) is 14. The minimum atomic E-state index is -0.493. The molecule has 21 nitrogen and oxygen atoms in total. The monoisotopic (exact) mass is 1230 g/mol. The van der Waals surface area contributed by atoms with Crippen LogP contribution in [-0.4, -0.2) is 264 Å². The van der Waals surface area contributed by atoms with Crippen molar-refractivity contribution >= 4 is 0 Å². The first-order valence-electron chi connectivity index (χ1n) is 33.4. The Hall–Kier alpha value is -0.840. The van der Waals surface area contributed by atoms with Crippen molar-refractivity contribution in [2.24, 2.45) is 0 Å². The fourth-order valence-corrected chi connectivity index (χ4v) is 9.54. The van der Waals surface area contributed by atoms with Crippen LogP contribution in [0.25, 0.3) is 0 Å². The molecule has 508 valence electrons. The van der Waals surface area contributed by atoms with E-state index in [1.807, 2.05) is 0 Å². The smallest absolute Gasteiger partial charge is 0.171 e. The van der Waals surface area contributed by atoms with Gasteiger partial charge < -0.3 is 99.5 Å². The molecule has 85 heavy (non-hydrogen) atoms. The van der Waals surface area contributed by atoms with Gasteiger partial charge >= 0.3 is 0 Å². The third-order valence-corrected chi connectivity index (χ3v) is 14.3. The Bertz CT molecular complexity index is 1180. The molecule has 0 aromatic rings. The van der Waals surface area contributed by atoms with Gasteiger partial charge in [-0.2, -0.15) is 0 Å². The third-order valence-electron chi connectivity index (χ3n) is 14.3. The van der Waals surface area contributed by atoms with E-state index in [-0.39, 0.29) is 0 Å². The van der Waals surface area contributed by atoms with Crippen LogP contribution in [-0.2, 0) is 99.5 Å². The van der Waals surface area contributed by atoms with Crippen LogP contribution in [0.3, 0.4) is 0 Å². The standard InChI is InChI=1S/C64H126O21/c1-65-31-33-69-39-41-73-47-49-77-55-57-81-61-59-79-53-51-75-45-43-71-37-35-67-27-19-13-9-5-3-7-11-15-23-63(25-17-21-29-83-63)85-64(26-18-22-30-84-64)24-16-12-8-4-6-10-14-20-28-68-36-38-72-44-46-76-52-54-80-60-62-82-58-56-78-50-48-74-42-40-70-34-32-66-2/h3-62H2,1-2H3. The van der Waals surface area contributed by atoms with Gasteiger partial charge in [-0.05, 0) is 51.4 Å². The molecule has 0 N–H and O–H groups in total. The Kier molecular flexibility index (Phi) is 62.4. The van der Waals surface area contributed by atoms with Crippen molar-refractivity contribution in [3.63, 3.8) is 0 Å². The molecule has 0 radical (unpaired) electrons. The molecule has 2 aliphatic heterocycles. The molecule has 2 aliphatic rings. The number of methoxy groups -OCH3 is 2. The summed E-state index contributed by atoms with van der Waals surface area (Å²) in [6, 6.07) is 0. The Labute approximate surface area is 515 Å². The van der Waals surface area contributed by atoms with Gasteiger partial charge in [0.15, 0.2) is 11.6 Å². The van der Waals surface area contributed by atoms with Gasteiger partial charge in [0, 0.05) is 53.1 Å². The molecule has 2 saturated heterocycles. The molecule has 21 heteroatoms. The summed E-state index contributed by atoms with van der Waals surface area (Å²) in [7, 11) is 3.31. The summed E-state index contributed by atoms with van der Waals surface area (Å²) >= 11 is 0. The Morgan fingerprint density at radius 2 is 0.400 bits per heavy atom. The van der Waals surface area contributed by atoms with Gasteiger partial charge in [-0.1, -0.05) is 77.0 Å². The summed E-state index contributed by atoms with van der Waals surface area (Å²) in [5.74, 6) is -0.987. The molecule has 0 amide bonds. The van der Waals surface area contributed by atoms with E-state index in [1.54, 1.807) is 14.2 Å². The van der Waals surface area contributed by atoms with Gasteiger partial charge in [0.1, 0.15) is 0 Å². The molecule has 0 bridgehead atoms. The van der Waals surface area contributed by atoms with Gasteiger partial charge in [-0.25, -0.2) is 0 Å². The average Bonchev–Trinajstić information content (AvgIpc) is 3.59. The zero-order valence-electron chi connectivity index (χ0n) is 54.0. The van der Waals surface area contributed by atoms with Crippen molar-refractivity contribution < 1.29 is 99.5 Å². The van der Waals surface area contributed by atoms with E-state index in [4.69, 9.17) is 99.5 Å². The second kappa shape index (κ2) is 66.1. The zero-order valence-corrected chi connectivity index (χ0v) is 54.0. The molecule has 2 atom stereocenters. The lowest BCUT2D eigenvalue weighted by molar-refractivity contribution is -0.380. The normalized spacial score (nSPS) is 17.4. The molecule has 0 saturated carbocycles. The lowest BCUT2D eigenvalue weighted by atomic mass is 9.94. The van der Waals surface area contributed by atoms with Gasteiger partial charge in [0.25, 0.3) is 0 Å². The molecule has 2 rings (SSSR count). The summed E-state index contributed by atoms with van der Waals surface area (Å²) < 4.78 is 119. The second-order valence-corrected chi connectivity index (χ2v) is 21.5. The molecular weight excluding hydrogens is 1100 g/mol. The predicted molar refractivity (Wildman–Crippen MR) is 326 cm³/mol. The molecule has 2 unspecified atom stereocenters. The highest BCUT2D eigenvalue weighted by molar-refractivity contribution is 4.83. The number of rotatable bonds is 72. The van der Waals surface area contributed by atoms with Crippen LogP contribution >= 0.6 is 0 Å². The van der Waals surface area contributed by atoms with E-state index >= 15 is 0 Å². The molecule has 0 aromatic carbocycles. The molecular formula is C64H126O21. The van der Waals surface area contributed by atoms with Gasteiger partial charge in [-0.3, -0.25) is 0 Å². The minimum absolute atomic E-state index is 0.493. The summed E-state index contributed by atoms with van der Waals surface area (Å²) in [4.78, 5) is 0. The lowest BCUT2D eigenvalue weighted by Gasteiger charge is -2.47. The molecule has 2 fully saturated rings. The SMILES string of the molecule is COCCOCCOCCOCCOCCOCCOCCOCCOCCCCCCCCCCC1(OC2(CCCCCCCCCCOCCOCCOCCOCCOCCOCCOCCOCCOC)CCCCO2)CCCCO1. The summed E-state index contributed by atoms with van der Waals surface area (Å²) in [5, 5.41) is 0. The Morgan fingerprint density at radius 3 is 0.600 bits per heavy atom. The van der Waals surface area contributed by atoms with Crippen molar-refractivity contribution in [1.82, 2.24) is 0 Å². The van der Waals surface area contributed by atoms with Crippen molar-refractivity contribution in [2.45, 2.75) is 166 Å². The van der Waals surface area contributed by atoms with Crippen LogP contribution < -0.4 is 0 Å². The quantitative estimate of drug-likeness (QED) is 0.0522. The number of hydrogen-bond donors (Lipinski definition) is 0. The van der Waals surface area contributed by atoms with E-state index in [0.717, 1.165) is 90.6 Å². The van der Waals surface area contributed by atoms with Gasteiger partial charge in [0.05, 0.1) is 225 Å². The average molecular weight is 1230 g/mol. The molecule has 0 aliphatic carbocycles. The number of hydrogen-bond acceptors (Lipinski definition) is 21. The highest BCUT2D eigenvalue weighted by Crippen LogP contribution is 2.41. The Morgan fingerprint density at radius 1 is 0.212 bits per heavy atom. The van der Waals surface area contributed by atoms with Crippen LogP contribution in [0.15, 0.2) is 0 Å². The van der Waals surface area contributed by atoms with E-state index in [1.165, 1.54) is 89.9 Å². The Balaban J connectivity index is 1.31. The maximum Gasteiger partial charge on any atom is 0.171 e. The summed E-state index contributed by atoms with van der Waals surface area (Å²) in [6.07, 6.45) is 28.0. The van der Waals surface area contributed by atoms with Gasteiger partial charge in [0.2, 0.25) is 0 Å². The minimum Gasteiger partial charge on any atom is -0.382 e. The van der Waals surface area contributed by atoms with Gasteiger partial charge in [-0.15, -0.1) is 0 Å². The van der Waals surface area contributed by atoms with Crippen molar-refractivity contribution in [3.05, 3.63) is 0 Å². The zero-order chi connectivity index (χ0) is 60.3. The molecule has 0 aromatic heterocycles. The second-order valence-electron chi connectivity index (χ2n) is 21.5. The maximum atomic E-state index is 7.12. The topological polar surface area (TPSA) is 194 Å². The fraction of sp³-hybridized carbons (Fsp3) is 1.00. The van der Waals surface area contributed by atoms with Crippen molar-refractivity contribution in [1.29, 1.82) is 0 Å². The maximum absolute atomic E-state index is 7.12. The van der Waals surface area contributed by atoms with Crippen LogP contribution in [0.4, 0.5) is 0 Å². The highest BCUT2D eigenvalue weighted by Gasteiger charge is 2.45. The molecule has 2 heterocycles. The lowest BCUT2D eigenvalue weighted by Crippen LogP contribution is -2.51. The van der Waals surface area contributed by atoms with E-state index in [0.29, 0.717) is 211 Å².